The highest BCUT2D eigenvalue weighted by Gasteiger charge is 2.31. The molecule has 2 aromatic carbocycles. The summed E-state index contributed by atoms with van der Waals surface area (Å²) >= 11 is 1.58. The van der Waals surface area contributed by atoms with Gasteiger partial charge in [-0.3, -0.25) is 4.31 Å². The molecule has 0 aliphatic carbocycles. The van der Waals surface area contributed by atoms with Crippen LogP contribution >= 0.6 is 11.3 Å². The number of aromatic carboxylic acids is 1. The van der Waals surface area contributed by atoms with Gasteiger partial charge >= 0.3 is 5.97 Å². The first-order valence-electron chi connectivity index (χ1n) is 8.28. The second-order valence-corrected chi connectivity index (χ2v) is 9.18. The Balaban J connectivity index is 1.68. The molecule has 4 rings (SSSR count). The normalized spacial score (nSPS) is 13.6. The Morgan fingerprint density at radius 3 is 2.56 bits per heavy atom. The van der Waals surface area contributed by atoms with Crippen molar-refractivity contribution >= 4 is 33.0 Å². The average Bonchev–Trinajstić information content (AvgIpc) is 3.27. The highest BCUT2D eigenvalue weighted by Crippen LogP contribution is 2.36. The molecule has 6 nitrogen and oxygen atoms in total. The maximum atomic E-state index is 13.0. The van der Waals surface area contributed by atoms with E-state index in [1.807, 2.05) is 30.5 Å². The summed E-state index contributed by atoms with van der Waals surface area (Å²) in [4.78, 5) is 15.5. The van der Waals surface area contributed by atoms with Gasteiger partial charge in [0.05, 0.1) is 26.8 Å². The van der Waals surface area contributed by atoms with E-state index in [0.717, 1.165) is 21.8 Å². The summed E-state index contributed by atoms with van der Waals surface area (Å²) in [5.41, 5.74) is 3.55. The number of aromatic nitrogens is 1. The molecule has 2 heterocycles. The Hall–Kier alpha value is -2.71. The molecule has 0 fully saturated rings. The Labute approximate surface area is 160 Å². The molecule has 0 spiro atoms. The summed E-state index contributed by atoms with van der Waals surface area (Å²) in [5.74, 6) is -1.09. The zero-order valence-electron chi connectivity index (χ0n) is 14.4. The molecule has 1 aromatic heterocycles. The third kappa shape index (κ3) is 3.11. The van der Waals surface area contributed by atoms with Gasteiger partial charge in [0.2, 0.25) is 0 Å². The molecule has 0 saturated heterocycles. The van der Waals surface area contributed by atoms with Crippen LogP contribution < -0.4 is 4.31 Å². The van der Waals surface area contributed by atoms with Gasteiger partial charge in [-0.2, -0.15) is 0 Å². The Bertz CT molecular complexity index is 1130. The van der Waals surface area contributed by atoms with E-state index in [-0.39, 0.29) is 10.5 Å². The summed E-state index contributed by atoms with van der Waals surface area (Å²) in [6.07, 6.45) is 0.624. The summed E-state index contributed by atoms with van der Waals surface area (Å²) in [6.45, 7) is 2.31. The fourth-order valence-electron chi connectivity index (χ4n) is 3.17. The quantitative estimate of drug-likeness (QED) is 0.723. The lowest BCUT2D eigenvalue weighted by Crippen LogP contribution is -2.29. The van der Waals surface area contributed by atoms with E-state index in [0.29, 0.717) is 18.7 Å². The molecule has 0 unspecified atom stereocenters. The Morgan fingerprint density at radius 1 is 1.19 bits per heavy atom. The number of fused-ring (bicyclic) bond motifs is 1. The number of carboxylic acids is 1. The lowest BCUT2D eigenvalue weighted by Gasteiger charge is -2.19. The summed E-state index contributed by atoms with van der Waals surface area (Å²) in [5, 5.41) is 12.0. The highest BCUT2D eigenvalue weighted by molar-refractivity contribution is 7.92. The molecule has 0 bridgehead atoms. The molecule has 0 radical (unpaired) electrons. The van der Waals surface area contributed by atoms with Crippen molar-refractivity contribution in [3.8, 4) is 11.3 Å². The standard InChI is InChI=1S/C19H16N2O4S2/c1-12-20-17(11-26-12)14-4-7-18-15(10-14)8-9-21(18)27(24,25)16-5-2-13(3-6-16)19(22)23/h2-7,10-11H,8-9H2,1H3,(H,22,23). The number of rotatable bonds is 4. The second-order valence-electron chi connectivity index (χ2n) is 6.25. The number of sulfonamides is 1. The minimum absolute atomic E-state index is 0.0546. The molecular formula is C19H16N2O4S2. The predicted octanol–water partition coefficient (Wildman–Crippen LogP) is 3.57. The lowest BCUT2D eigenvalue weighted by molar-refractivity contribution is 0.0696. The number of hydrogen-bond donors (Lipinski definition) is 1. The van der Waals surface area contributed by atoms with Crippen molar-refractivity contribution in [1.29, 1.82) is 0 Å². The monoisotopic (exact) mass is 400 g/mol. The van der Waals surface area contributed by atoms with E-state index < -0.39 is 16.0 Å². The third-order valence-corrected chi connectivity index (χ3v) is 7.14. The van der Waals surface area contributed by atoms with Gasteiger partial charge in [0.15, 0.2) is 0 Å². The number of carbonyl (C=O) groups is 1. The number of hydrogen-bond acceptors (Lipinski definition) is 5. The predicted molar refractivity (Wildman–Crippen MR) is 104 cm³/mol. The van der Waals surface area contributed by atoms with Gasteiger partial charge in [-0.1, -0.05) is 6.07 Å². The van der Waals surface area contributed by atoms with Crippen molar-refractivity contribution in [2.75, 3.05) is 10.8 Å². The van der Waals surface area contributed by atoms with Crippen LogP contribution in [0.25, 0.3) is 11.3 Å². The molecule has 1 N–H and O–H groups in total. The number of carboxylic acid groups (broad SMARTS) is 1. The number of thiazole rings is 1. The van der Waals surface area contributed by atoms with Crippen molar-refractivity contribution in [2.24, 2.45) is 0 Å². The van der Waals surface area contributed by atoms with Crippen molar-refractivity contribution in [1.82, 2.24) is 4.98 Å². The molecule has 0 amide bonds. The molecule has 0 atom stereocenters. The van der Waals surface area contributed by atoms with E-state index in [1.165, 1.54) is 28.6 Å². The van der Waals surface area contributed by atoms with Crippen LogP contribution in [0.15, 0.2) is 52.7 Å². The second kappa shape index (κ2) is 6.47. The first-order chi connectivity index (χ1) is 12.9. The summed E-state index contributed by atoms with van der Waals surface area (Å²) in [6, 6.07) is 11.0. The SMILES string of the molecule is Cc1nc(-c2ccc3c(c2)CCN3S(=O)(=O)c2ccc(C(=O)O)cc2)cs1. The zero-order valence-corrected chi connectivity index (χ0v) is 16.0. The molecular weight excluding hydrogens is 384 g/mol. The topological polar surface area (TPSA) is 87.6 Å². The van der Waals surface area contributed by atoms with Crippen LogP contribution in [0.3, 0.4) is 0 Å². The smallest absolute Gasteiger partial charge is 0.335 e. The first kappa shape index (κ1) is 17.7. The fourth-order valence-corrected chi connectivity index (χ4v) is 5.30. The number of nitrogens with zero attached hydrogens (tertiary/aromatic N) is 2. The van der Waals surface area contributed by atoms with Crippen molar-refractivity contribution in [3.63, 3.8) is 0 Å². The minimum atomic E-state index is -3.74. The summed E-state index contributed by atoms with van der Waals surface area (Å²) in [7, 11) is -3.74. The van der Waals surface area contributed by atoms with E-state index in [4.69, 9.17) is 5.11 Å². The number of anilines is 1. The van der Waals surface area contributed by atoms with E-state index in [9.17, 15) is 13.2 Å². The number of aryl methyl sites for hydroxylation is 1. The third-order valence-electron chi connectivity index (χ3n) is 4.54. The molecule has 8 heteroatoms. The highest BCUT2D eigenvalue weighted by atomic mass is 32.2. The first-order valence-corrected chi connectivity index (χ1v) is 10.6. The largest absolute Gasteiger partial charge is 0.478 e. The van der Waals surface area contributed by atoms with Gasteiger partial charge in [0.1, 0.15) is 0 Å². The van der Waals surface area contributed by atoms with Crippen LogP contribution in [0.2, 0.25) is 0 Å². The van der Waals surface area contributed by atoms with Gasteiger partial charge < -0.3 is 5.11 Å². The Kier molecular flexibility index (Phi) is 4.24. The molecule has 0 saturated carbocycles. The lowest BCUT2D eigenvalue weighted by atomic mass is 10.1. The van der Waals surface area contributed by atoms with Gasteiger partial charge in [-0.15, -0.1) is 11.3 Å². The van der Waals surface area contributed by atoms with Crippen LogP contribution in [0.4, 0.5) is 5.69 Å². The van der Waals surface area contributed by atoms with Crippen molar-refractivity contribution < 1.29 is 18.3 Å². The van der Waals surface area contributed by atoms with Gasteiger partial charge in [0.25, 0.3) is 10.0 Å². The summed E-state index contributed by atoms with van der Waals surface area (Å²) < 4.78 is 27.4. The molecule has 3 aromatic rings. The minimum Gasteiger partial charge on any atom is -0.478 e. The maximum Gasteiger partial charge on any atom is 0.335 e. The van der Waals surface area contributed by atoms with Crippen LogP contribution in [0.5, 0.6) is 0 Å². The number of benzene rings is 2. The molecule has 27 heavy (non-hydrogen) atoms. The van der Waals surface area contributed by atoms with E-state index in [1.54, 1.807) is 11.3 Å². The zero-order chi connectivity index (χ0) is 19.2. The van der Waals surface area contributed by atoms with Crippen molar-refractivity contribution in [2.45, 2.75) is 18.2 Å². The van der Waals surface area contributed by atoms with Gasteiger partial charge in [0, 0.05) is 17.5 Å². The molecule has 1 aliphatic heterocycles. The van der Waals surface area contributed by atoms with Crippen LogP contribution in [-0.2, 0) is 16.4 Å². The molecule has 138 valence electrons. The van der Waals surface area contributed by atoms with Gasteiger partial charge in [-0.25, -0.2) is 18.2 Å². The van der Waals surface area contributed by atoms with Crippen LogP contribution in [0.1, 0.15) is 20.9 Å². The van der Waals surface area contributed by atoms with Gasteiger partial charge in [-0.05, 0) is 55.3 Å². The van der Waals surface area contributed by atoms with E-state index in [2.05, 4.69) is 4.98 Å². The van der Waals surface area contributed by atoms with Crippen LogP contribution in [-0.4, -0.2) is 31.0 Å². The molecule has 1 aliphatic rings. The fraction of sp³-hybridized carbons (Fsp3) is 0.158. The van der Waals surface area contributed by atoms with E-state index >= 15 is 0 Å². The van der Waals surface area contributed by atoms with Crippen molar-refractivity contribution in [3.05, 3.63) is 64.0 Å². The maximum absolute atomic E-state index is 13.0. The van der Waals surface area contributed by atoms with Crippen LogP contribution in [0, 0.1) is 6.92 Å². The Morgan fingerprint density at radius 2 is 1.93 bits per heavy atom. The average molecular weight is 400 g/mol.